The number of rotatable bonds is 4. The molecule has 2 aromatic rings. The molecule has 1 aliphatic rings. The first-order valence-electron chi connectivity index (χ1n) is 7.12. The van der Waals surface area contributed by atoms with Crippen LogP contribution < -0.4 is 15.0 Å². The molecule has 118 valence electrons. The lowest BCUT2D eigenvalue weighted by Gasteiger charge is -2.17. The maximum absolute atomic E-state index is 12.6. The van der Waals surface area contributed by atoms with Crippen molar-refractivity contribution >= 4 is 39.1 Å². The summed E-state index contributed by atoms with van der Waals surface area (Å²) in [5, 5.41) is 3.11. The van der Waals surface area contributed by atoms with Crippen molar-refractivity contribution in [2.75, 3.05) is 17.3 Å². The Morgan fingerprint density at radius 3 is 2.52 bits per heavy atom. The van der Waals surface area contributed by atoms with Gasteiger partial charge >= 0.3 is 0 Å². The van der Waals surface area contributed by atoms with Gasteiger partial charge in [-0.05, 0) is 36.4 Å². The van der Waals surface area contributed by atoms with Crippen LogP contribution in [0.15, 0.2) is 53.0 Å². The van der Waals surface area contributed by atoms with E-state index >= 15 is 0 Å². The number of imide groups is 1. The van der Waals surface area contributed by atoms with Crippen LogP contribution in [0, 0.1) is 0 Å². The van der Waals surface area contributed by atoms with Gasteiger partial charge in [-0.3, -0.25) is 9.59 Å². The third-order valence-electron chi connectivity index (χ3n) is 3.67. The fraction of sp³-hybridized carbons (Fsp3) is 0.176. The number of hydrogen-bond donors (Lipinski definition) is 1. The Morgan fingerprint density at radius 1 is 1.13 bits per heavy atom. The molecule has 6 heteroatoms. The predicted molar refractivity (Wildman–Crippen MR) is 91.7 cm³/mol. The fourth-order valence-electron chi connectivity index (χ4n) is 2.56. The molecule has 2 amide bonds. The second kappa shape index (κ2) is 6.42. The van der Waals surface area contributed by atoms with Crippen molar-refractivity contribution in [3.63, 3.8) is 0 Å². The van der Waals surface area contributed by atoms with Gasteiger partial charge in [-0.25, -0.2) is 4.90 Å². The highest BCUT2D eigenvalue weighted by Gasteiger charge is 2.39. The molecule has 0 spiro atoms. The predicted octanol–water partition coefficient (Wildman–Crippen LogP) is 3.20. The first kappa shape index (κ1) is 15.6. The minimum absolute atomic E-state index is 0.118. The maximum Gasteiger partial charge on any atom is 0.256 e. The van der Waals surface area contributed by atoms with E-state index in [0.717, 1.165) is 4.47 Å². The van der Waals surface area contributed by atoms with Crippen LogP contribution in [0.3, 0.4) is 0 Å². The molecule has 1 N–H and O–H groups in total. The van der Waals surface area contributed by atoms with Crippen molar-refractivity contribution < 1.29 is 14.3 Å². The third kappa shape index (κ3) is 3.07. The summed E-state index contributed by atoms with van der Waals surface area (Å²) < 4.78 is 6.16. The highest BCUT2D eigenvalue weighted by Crippen LogP contribution is 2.29. The van der Waals surface area contributed by atoms with Crippen molar-refractivity contribution in [1.82, 2.24) is 0 Å². The van der Waals surface area contributed by atoms with Crippen LogP contribution in [-0.4, -0.2) is 25.0 Å². The molecule has 3 rings (SSSR count). The molecule has 0 aliphatic carbocycles. The number of benzene rings is 2. The van der Waals surface area contributed by atoms with Gasteiger partial charge in [0.15, 0.2) is 0 Å². The SMILES string of the molecule is COc1ccccc1NC1CC(=O)N(c2ccc(Br)cc2)C1=O. The van der Waals surface area contributed by atoms with Crippen LogP contribution in [0.4, 0.5) is 11.4 Å². The average molecular weight is 375 g/mol. The lowest BCUT2D eigenvalue weighted by Crippen LogP contribution is -2.34. The molecule has 5 nitrogen and oxygen atoms in total. The highest BCUT2D eigenvalue weighted by atomic mass is 79.9. The number of nitrogens with zero attached hydrogens (tertiary/aromatic N) is 1. The smallest absolute Gasteiger partial charge is 0.256 e. The van der Waals surface area contributed by atoms with Crippen LogP contribution in [-0.2, 0) is 9.59 Å². The standard InChI is InChI=1S/C17H15BrN2O3/c1-23-15-5-3-2-4-13(15)19-14-10-16(21)20(17(14)22)12-8-6-11(18)7-9-12/h2-9,14,19H,10H2,1H3. The normalized spacial score (nSPS) is 17.5. The first-order valence-corrected chi connectivity index (χ1v) is 7.91. The Hall–Kier alpha value is -2.34. The van der Waals surface area contributed by atoms with E-state index in [1.165, 1.54) is 4.90 Å². The van der Waals surface area contributed by atoms with Gasteiger partial charge in [0.1, 0.15) is 11.8 Å². The Bertz CT molecular complexity index is 746. The summed E-state index contributed by atoms with van der Waals surface area (Å²) in [6.07, 6.45) is 0.118. The van der Waals surface area contributed by atoms with E-state index in [0.29, 0.717) is 17.1 Å². The number of carbonyl (C=O) groups is 2. The van der Waals surface area contributed by atoms with Crippen molar-refractivity contribution in [2.24, 2.45) is 0 Å². The molecule has 1 fully saturated rings. The van der Waals surface area contributed by atoms with Gasteiger partial charge in [-0.2, -0.15) is 0 Å². The minimum atomic E-state index is -0.595. The van der Waals surface area contributed by atoms with E-state index in [-0.39, 0.29) is 18.2 Å². The maximum atomic E-state index is 12.6. The molecule has 2 aromatic carbocycles. The second-order valence-corrected chi connectivity index (χ2v) is 6.06. The van der Waals surface area contributed by atoms with Crippen LogP contribution in [0.25, 0.3) is 0 Å². The molecule has 0 aromatic heterocycles. The summed E-state index contributed by atoms with van der Waals surface area (Å²) in [5.74, 6) is 0.155. The topological polar surface area (TPSA) is 58.6 Å². The van der Waals surface area contributed by atoms with Crippen molar-refractivity contribution in [2.45, 2.75) is 12.5 Å². The van der Waals surface area contributed by atoms with Crippen LogP contribution in [0.5, 0.6) is 5.75 Å². The Kier molecular flexibility index (Phi) is 4.34. The van der Waals surface area contributed by atoms with Crippen molar-refractivity contribution in [1.29, 1.82) is 0 Å². The average Bonchev–Trinajstić information content (AvgIpc) is 2.83. The number of anilines is 2. The number of nitrogens with one attached hydrogen (secondary N) is 1. The van der Waals surface area contributed by atoms with Crippen LogP contribution in [0.2, 0.25) is 0 Å². The molecule has 1 unspecified atom stereocenters. The van der Waals surface area contributed by atoms with Gasteiger partial charge in [0.05, 0.1) is 24.9 Å². The fourth-order valence-corrected chi connectivity index (χ4v) is 2.82. The lowest BCUT2D eigenvalue weighted by molar-refractivity contribution is -0.121. The number of amides is 2. The van der Waals surface area contributed by atoms with E-state index in [9.17, 15) is 9.59 Å². The number of ether oxygens (including phenoxy) is 1. The zero-order valence-corrected chi connectivity index (χ0v) is 14.0. The highest BCUT2D eigenvalue weighted by molar-refractivity contribution is 9.10. The van der Waals surface area contributed by atoms with Crippen LogP contribution in [0.1, 0.15) is 6.42 Å². The number of carbonyl (C=O) groups excluding carboxylic acids is 2. The van der Waals surface area contributed by atoms with Crippen LogP contribution >= 0.6 is 15.9 Å². The van der Waals surface area contributed by atoms with E-state index in [4.69, 9.17) is 4.74 Å². The lowest BCUT2D eigenvalue weighted by atomic mass is 10.2. The van der Waals surface area contributed by atoms with E-state index in [1.807, 2.05) is 18.2 Å². The summed E-state index contributed by atoms with van der Waals surface area (Å²) in [4.78, 5) is 26.1. The molecular weight excluding hydrogens is 360 g/mol. The summed E-state index contributed by atoms with van der Waals surface area (Å²) in [6, 6.07) is 13.8. The van der Waals surface area contributed by atoms with E-state index in [1.54, 1.807) is 37.4 Å². The number of methoxy groups -OCH3 is 1. The van der Waals surface area contributed by atoms with E-state index in [2.05, 4.69) is 21.2 Å². The molecule has 0 radical (unpaired) electrons. The molecule has 1 aliphatic heterocycles. The largest absolute Gasteiger partial charge is 0.495 e. The van der Waals surface area contributed by atoms with Gasteiger partial charge in [-0.1, -0.05) is 28.1 Å². The first-order chi connectivity index (χ1) is 11.1. The summed E-state index contributed by atoms with van der Waals surface area (Å²) in [5.41, 5.74) is 1.27. The van der Waals surface area contributed by atoms with Gasteiger partial charge in [-0.15, -0.1) is 0 Å². The van der Waals surface area contributed by atoms with Gasteiger partial charge in [0, 0.05) is 4.47 Å². The Balaban J connectivity index is 1.82. The zero-order valence-electron chi connectivity index (χ0n) is 12.5. The van der Waals surface area contributed by atoms with Gasteiger partial charge < -0.3 is 10.1 Å². The Labute approximate surface area is 142 Å². The van der Waals surface area contributed by atoms with Crippen molar-refractivity contribution in [3.8, 4) is 5.75 Å². The number of halogens is 1. The second-order valence-electron chi connectivity index (χ2n) is 5.15. The minimum Gasteiger partial charge on any atom is -0.495 e. The zero-order chi connectivity index (χ0) is 16.4. The number of hydrogen-bond acceptors (Lipinski definition) is 4. The van der Waals surface area contributed by atoms with E-state index < -0.39 is 6.04 Å². The molecule has 1 atom stereocenters. The molecule has 1 heterocycles. The van der Waals surface area contributed by atoms with Crippen molar-refractivity contribution in [3.05, 3.63) is 53.0 Å². The summed E-state index contributed by atoms with van der Waals surface area (Å²) in [6.45, 7) is 0. The molecule has 0 saturated carbocycles. The Morgan fingerprint density at radius 2 is 1.83 bits per heavy atom. The summed E-state index contributed by atoms with van der Waals surface area (Å²) >= 11 is 3.34. The molecule has 1 saturated heterocycles. The summed E-state index contributed by atoms with van der Waals surface area (Å²) in [7, 11) is 1.57. The van der Waals surface area contributed by atoms with Gasteiger partial charge in [0.25, 0.3) is 5.91 Å². The third-order valence-corrected chi connectivity index (χ3v) is 4.20. The van der Waals surface area contributed by atoms with Gasteiger partial charge in [0.2, 0.25) is 5.91 Å². The number of para-hydroxylation sites is 2. The molecule has 0 bridgehead atoms. The monoisotopic (exact) mass is 374 g/mol. The quantitative estimate of drug-likeness (QED) is 0.834. The molecule has 23 heavy (non-hydrogen) atoms. The molecular formula is C17H15BrN2O3.